The van der Waals surface area contributed by atoms with E-state index in [0.29, 0.717) is 0 Å². The van der Waals surface area contributed by atoms with Crippen molar-refractivity contribution in [2.45, 2.75) is 6.92 Å². The Hall–Kier alpha value is -2.63. The minimum Gasteiger partial charge on any atom is -0.465 e. The van der Waals surface area contributed by atoms with Gasteiger partial charge in [0.15, 0.2) is 0 Å². The molecule has 1 rings (SSSR count). The SMILES string of the molecule is CCOC(=O)C=CC(=O)Oc1ccccc1C(=O)OC. The molecule has 0 aromatic heterocycles. The maximum Gasteiger partial charge on any atom is 0.341 e. The quantitative estimate of drug-likeness (QED) is 0.461. The Morgan fingerprint density at radius 2 is 1.75 bits per heavy atom. The van der Waals surface area contributed by atoms with Crippen molar-refractivity contribution in [3.05, 3.63) is 42.0 Å². The van der Waals surface area contributed by atoms with Crippen LogP contribution in [-0.4, -0.2) is 31.6 Å². The van der Waals surface area contributed by atoms with Gasteiger partial charge in [0.05, 0.1) is 13.7 Å². The summed E-state index contributed by atoms with van der Waals surface area (Å²) in [5.74, 6) is -2.01. The smallest absolute Gasteiger partial charge is 0.341 e. The van der Waals surface area contributed by atoms with Gasteiger partial charge in [-0.05, 0) is 19.1 Å². The summed E-state index contributed by atoms with van der Waals surface area (Å²) >= 11 is 0. The molecule has 0 spiro atoms. The standard InChI is InChI=1S/C14H14O6/c1-3-19-12(15)8-9-13(16)20-11-7-5-4-6-10(11)14(17)18-2/h4-9H,3H2,1-2H3. The average Bonchev–Trinajstić information content (AvgIpc) is 2.45. The summed E-state index contributed by atoms with van der Waals surface area (Å²) in [4.78, 5) is 34.0. The maximum atomic E-state index is 11.5. The number of para-hydroxylation sites is 1. The van der Waals surface area contributed by atoms with Crippen molar-refractivity contribution in [1.29, 1.82) is 0 Å². The normalized spacial score (nSPS) is 10.1. The maximum absolute atomic E-state index is 11.5. The van der Waals surface area contributed by atoms with E-state index in [2.05, 4.69) is 9.47 Å². The molecule has 0 bridgehead atoms. The predicted octanol–water partition coefficient (Wildman–Crippen LogP) is 1.50. The van der Waals surface area contributed by atoms with Crippen molar-refractivity contribution >= 4 is 17.9 Å². The summed E-state index contributed by atoms with van der Waals surface area (Å²) in [6, 6.07) is 6.12. The zero-order chi connectivity index (χ0) is 15.0. The van der Waals surface area contributed by atoms with Crippen molar-refractivity contribution in [3.63, 3.8) is 0 Å². The number of rotatable bonds is 5. The first-order valence-corrected chi connectivity index (χ1v) is 5.82. The number of carbonyl (C=O) groups excluding carboxylic acids is 3. The highest BCUT2D eigenvalue weighted by Crippen LogP contribution is 2.18. The predicted molar refractivity (Wildman–Crippen MR) is 69.2 cm³/mol. The van der Waals surface area contributed by atoms with Crippen LogP contribution in [0.5, 0.6) is 5.75 Å². The summed E-state index contributed by atoms with van der Waals surface area (Å²) in [6.45, 7) is 1.86. The Morgan fingerprint density at radius 3 is 2.40 bits per heavy atom. The Kier molecular flexibility index (Phi) is 5.96. The first-order chi connectivity index (χ1) is 9.58. The lowest BCUT2D eigenvalue weighted by Crippen LogP contribution is -2.10. The molecule has 0 aliphatic carbocycles. The molecule has 106 valence electrons. The lowest BCUT2D eigenvalue weighted by Gasteiger charge is -2.06. The van der Waals surface area contributed by atoms with Crippen molar-refractivity contribution in [2.75, 3.05) is 13.7 Å². The number of carbonyl (C=O) groups is 3. The van der Waals surface area contributed by atoms with Crippen LogP contribution >= 0.6 is 0 Å². The zero-order valence-electron chi connectivity index (χ0n) is 11.1. The Bertz CT molecular complexity index is 532. The Morgan fingerprint density at radius 1 is 1.10 bits per heavy atom. The van der Waals surface area contributed by atoms with Gasteiger partial charge in [0.1, 0.15) is 11.3 Å². The second kappa shape index (κ2) is 7.73. The molecule has 20 heavy (non-hydrogen) atoms. The molecular formula is C14H14O6. The van der Waals surface area contributed by atoms with Gasteiger partial charge in [0, 0.05) is 12.2 Å². The topological polar surface area (TPSA) is 78.9 Å². The first-order valence-electron chi connectivity index (χ1n) is 5.82. The summed E-state index contributed by atoms with van der Waals surface area (Å²) < 4.78 is 14.1. The average molecular weight is 278 g/mol. The van der Waals surface area contributed by atoms with Crippen molar-refractivity contribution < 1.29 is 28.6 Å². The second-order valence-corrected chi connectivity index (χ2v) is 3.49. The first kappa shape index (κ1) is 15.4. The van der Waals surface area contributed by atoms with Crippen LogP contribution in [-0.2, 0) is 19.1 Å². The third-order valence-electron chi connectivity index (χ3n) is 2.15. The van der Waals surface area contributed by atoms with Crippen LogP contribution in [0.2, 0.25) is 0 Å². The molecule has 0 saturated carbocycles. The summed E-state index contributed by atoms with van der Waals surface area (Å²) in [5, 5.41) is 0. The minimum atomic E-state index is -0.797. The highest BCUT2D eigenvalue weighted by Gasteiger charge is 2.14. The number of methoxy groups -OCH3 is 1. The lowest BCUT2D eigenvalue weighted by atomic mass is 10.2. The molecule has 0 amide bonds. The summed E-state index contributed by atoms with van der Waals surface area (Å²) in [5.41, 5.74) is 0.118. The van der Waals surface area contributed by atoms with E-state index in [9.17, 15) is 14.4 Å². The fourth-order valence-corrected chi connectivity index (χ4v) is 1.30. The van der Waals surface area contributed by atoms with Gasteiger partial charge in [-0.2, -0.15) is 0 Å². The van der Waals surface area contributed by atoms with E-state index in [0.717, 1.165) is 12.2 Å². The van der Waals surface area contributed by atoms with Crippen LogP contribution in [0.25, 0.3) is 0 Å². The molecule has 0 saturated heterocycles. The molecule has 0 aliphatic heterocycles. The molecular weight excluding hydrogens is 264 g/mol. The molecule has 1 aromatic rings. The third kappa shape index (κ3) is 4.56. The fourth-order valence-electron chi connectivity index (χ4n) is 1.30. The molecule has 0 heterocycles. The Balaban J connectivity index is 2.76. The van der Waals surface area contributed by atoms with Crippen molar-refractivity contribution in [1.82, 2.24) is 0 Å². The lowest BCUT2D eigenvalue weighted by molar-refractivity contribution is -0.138. The van der Waals surface area contributed by atoms with Crippen LogP contribution in [0.15, 0.2) is 36.4 Å². The Labute approximate surface area is 115 Å². The largest absolute Gasteiger partial charge is 0.465 e. The van der Waals surface area contributed by atoms with Crippen LogP contribution < -0.4 is 4.74 Å². The van der Waals surface area contributed by atoms with Crippen molar-refractivity contribution in [2.24, 2.45) is 0 Å². The molecule has 0 unspecified atom stereocenters. The van der Waals surface area contributed by atoms with Crippen LogP contribution in [0.4, 0.5) is 0 Å². The molecule has 6 nitrogen and oxygen atoms in total. The summed E-state index contributed by atoms with van der Waals surface area (Å²) in [7, 11) is 1.22. The van der Waals surface area contributed by atoms with E-state index in [1.807, 2.05) is 0 Å². The van der Waals surface area contributed by atoms with Crippen molar-refractivity contribution in [3.8, 4) is 5.75 Å². The highest BCUT2D eigenvalue weighted by atomic mass is 16.5. The van der Waals surface area contributed by atoms with Gasteiger partial charge >= 0.3 is 17.9 Å². The monoisotopic (exact) mass is 278 g/mol. The van der Waals surface area contributed by atoms with Gasteiger partial charge < -0.3 is 14.2 Å². The molecule has 0 aliphatic rings. The van der Waals surface area contributed by atoms with Gasteiger partial charge in [-0.25, -0.2) is 14.4 Å². The van der Waals surface area contributed by atoms with Crippen LogP contribution in [0.1, 0.15) is 17.3 Å². The molecule has 0 radical (unpaired) electrons. The number of esters is 3. The number of hydrogen-bond acceptors (Lipinski definition) is 6. The van der Waals surface area contributed by atoms with Gasteiger partial charge in [0.2, 0.25) is 0 Å². The van der Waals surface area contributed by atoms with E-state index in [4.69, 9.17) is 4.74 Å². The molecule has 0 atom stereocenters. The number of benzene rings is 1. The third-order valence-corrected chi connectivity index (χ3v) is 2.15. The fraction of sp³-hybridized carbons (Fsp3) is 0.214. The van der Waals surface area contributed by atoms with Crippen LogP contribution in [0, 0.1) is 0 Å². The van der Waals surface area contributed by atoms with Gasteiger partial charge in [-0.1, -0.05) is 12.1 Å². The summed E-state index contributed by atoms with van der Waals surface area (Å²) in [6.07, 6.45) is 1.87. The molecule has 6 heteroatoms. The van der Waals surface area contributed by atoms with Gasteiger partial charge in [-0.15, -0.1) is 0 Å². The molecule has 0 fully saturated rings. The second-order valence-electron chi connectivity index (χ2n) is 3.49. The van der Waals surface area contributed by atoms with Gasteiger partial charge in [0.25, 0.3) is 0 Å². The van der Waals surface area contributed by atoms with E-state index in [1.165, 1.54) is 19.2 Å². The van der Waals surface area contributed by atoms with Crippen LogP contribution in [0.3, 0.4) is 0 Å². The van der Waals surface area contributed by atoms with Gasteiger partial charge in [-0.3, -0.25) is 0 Å². The molecule has 1 aromatic carbocycles. The van der Waals surface area contributed by atoms with E-state index >= 15 is 0 Å². The molecule has 0 N–H and O–H groups in total. The van der Waals surface area contributed by atoms with E-state index in [1.54, 1.807) is 19.1 Å². The number of ether oxygens (including phenoxy) is 3. The van der Waals surface area contributed by atoms with E-state index in [-0.39, 0.29) is 17.9 Å². The van der Waals surface area contributed by atoms with E-state index < -0.39 is 17.9 Å². The number of hydrogen-bond donors (Lipinski definition) is 0. The zero-order valence-corrected chi connectivity index (χ0v) is 11.1. The highest BCUT2D eigenvalue weighted by molar-refractivity contribution is 5.96. The minimum absolute atomic E-state index is 0.0536.